The number of carbonyl (C=O) groups excluding carboxylic acids is 1. The van der Waals surface area contributed by atoms with Crippen molar-refractivity contribution < 1.29 is 13.6 Å². The van der Waals surface area contributed by atoms with Crippen LogP contribution < -0.4 is 10.6 Å². The standard InChI is InChI=1S/C19H21N3O3.2ClH/c1-3-20-12-14-7-4-5-8-15(14)21-18(23)11-16-13(2)25-19(22-16)17-9-6-10-24-17;;/h4-10,20H,3,11-12H2,1-2H3,(H,21,23);2*1H. The molecule has 27 heavy (non-hydrogen) atoms. The van der Waals surface area contributed by atoms with E-state index in [1.807, 2.05) is 31.2 Å². The number of nitrogens with one attached hydrogen (secondary N) is 2. The minimum Gasteiger partial charge on any atom is -0.459 e. The molecule has 0 saturated carbocycles. The highest BCUT2D eigenvalue weighted by Crippen LogP contribution is 2.22. The van der Waals surface area contributed by atoms with E-state index < -0.39 is 0 Å². The van der Waals surface area contributed by atoms with Crippen LogP contribution >= 0.6 is 24.8 Å². The Kier molecular flexibility index (Phi) is 9.08. The Morgan fingerprint density at radius 1 is 1.15 bits per heavy atom. The number of anilines is 1. The molecule has 0 spiro atoms. The van der Waals surface area contributed by atoms with Crippen LogP contribution in [0.15, 0.2) is 51.5 Å². The van der Waals surface area contributed by atoms with E-state index >= 15 is 0 Å². The lowest BCUT2D eigenvalue weighted by molar-refractivity contribution is -0.115. The Hall–Kier alpha value is -2.28. The predicted octanol–water partition coefficient (Wildman–Crippen LogP) is 4.38. The topological polar surface area (TPSA) is 80.3 Å². The molecule has 0 aliphatic carbocycles. The molecule has 0 bridgehead atoms. The molecule has 146 valence electrons. The van der Waals surface area contributed by atoms with Gasteiger partial charge < -0.3 is 19.5 Å². The number of nitrogens with zero attached hydrogens (tertiary/aromatic N) is 1. The number of carbonyl (C=O) groups is 1. The first-order valence-corrected chi connectivity index (χ1v) is 8.26. The summed E-state index contributed by atoms with van der Waals surface area (Å²) in [5.74, 6) is 1.41. The van der Waals surface area contributed by atoms with Crippen LogP contribution in [0.2, 0.25) is 0 Å². The number of hydrogen-bond donors (Lipinski definition) is 2. The van der Waals surface area contributed by atoms with Gasteiger partial charge in [-0.25, -0.2) is 4.98 Å². The lowest BCUT2D eigenvalue weighted by Gasteiger charge is -2.11. The summed E-state index contributed by atoms with van der Waals surface area (Å²) in [4.78, 5) is 16.8. The Morgan fingerprint density at radius 3 is 2.63 bits per heavy atom. The van der Waals surface area contributed by atoms with Crippen molar-refractivity contribution in [1.29, 1.82) is 0 Å². The summed E-state index contributed by atoms with van der Waals surface area (Å²) in [7, 11) is 0. The monoisotopic (exact) mass is 411 g/mol. The Morgan fingerprint density at radius 2 is 1.93 bits per heavy atom. The van der Waals surface area contributed by atoms with Gasteiger partial charge in [0.05, 0.1) is 18.4 Å². The molecule has 2 N–H and O–H groups in total. The molecule has 1 amide bonds. The van der Waals surface area contributed by atoms with Crippen molar-refractivity contribution in [2.75, 3.05) is 11.9 Å². The molecule has 0 radical (unpaired) electrons. The first kappa shape index (κ1) is 22.8. The van der Waals surface area contributed by atoms with E-state index in [1.165, 1.54) is 0 Å². The van der Waals surface area contributed by atoms with Crippen LogP contribution in [0.5, 0.6) is 0 Å². The van der Waals surface area contributed by atoms with Crippen molar-refractivity contribution in [1.82, 2.24) is 10.3 Å². The van der Waals surface area contributed by atoms with Crippen molar-refractivity contribution in [3.8, 4) is 11.7 Å². The lowest BCUT2D eigenvalue weighted by Crippen LogP contribution is -2.18. The van der Waals surface area contributed by atoms with Crippen LogP contribution in [0.25, 0.3) is 11.7 Å². The van der Waals surface area contributed by atoms with Gasteiger partial charge in [0.15, 0.2) is 5.76 Å². The molecule has 1 aromatic carbocycles. The van der Waals surface area contributed by atoms with E-state index in [4.69, 9.17) is 8.83 Å². The summed E-state index contributed by atoms with van der Waals surface area (Å²) in [6.45, 7) is 5.42. The highest BCUT2D eigenvalue weighted by molar-refractivity contribution is 5.92. The third-order valence-electron chi connectivity index (χ3n) is 3.81. The average Bonchev–Trinajstić information content (AvgIpc) is 3.24. The van der Waals surface area contributed by atoms with Gasteiger partial charge in [0.1, 0.15) is 5.76 Å². The van der Waals surface area contributed by atoms with Gasteiger partial charge in [-0.2, -0.15) is 0 Å². The number of oxazole rings is 1. The highest BCUT2D eigenvalue weighted by atomic mass is 35.5. The maximum Gasteiger partial charge on any atom is 0.263 e. The summed E-state index contributed by atoms with van der Waals surface area (Å²) in [5.41, 5.74) is 2.46. The number of halogens is 2. The third kappa shape index (κ3) is 5.85. The highest BCUT2D eigenvalue weighted by Gasteiger charge is 2.16. The van der Waals surface area contributed by atoms with Gasteiger partial charge in [-0.05, 0) is 37.2 Å². The largest absolute Gasteiger partial charge is 0.459 e. The first-order valence-electron chi connectivity index (χ1n) is 8.26. The molecule has 8 heteroatoms. The van der Waals surface area contributed by atoms with Crippen molar-refractivity contribution in [3.63, 3.8) is 0 Å². The van der Waals surface area contributed by atoms with E-state index in [-0.39, 0.29) is 37.1 Å². The molecule has 0 atom stereocenters. The second kappa shape index (κ2) is 10.8. The van der Waals surface area contributed by atoms with Gasteiger partial charge in [0.25, 0.3) is 5.89 Å². The van der Waals surface area contributed by atoms with Gasteiger partial charge in [0.2, 0.25) is 5.91 Å². The van der Waals surface area contributed by atoms with Crippen molar-refractivity contribution in [3.05, 3.63) is 59.7 Å². The fraction of sp³-hybridized carbons (Fsp3) is 0.263. The minimum absolute atomic E-state index is 0. The Labute approximate surface area is 170 Å². The number of aromatic nitrogens is 1. The average molecular weight is 412 g/mol. The number of furan rings is 1. The van der Waals surface area contributed by atoms with Crippen molar-refractivity contribution >= 4 is 36.4 Å². The predicted molar refractivity (Wildman–Crippen MR) is 110 cm³/mol. The van der Waals surface area contributed by atoms with E-state index in [0.717, 1.165) is 17.8 Å². The number of hydrogen-bond acceptors (Lipinski definition) is 5. The summed E-state index contributed by atoms with van der Waals surface area (Å²) in [6, 6.07) is 11.3. The molecule has 0 unspecified atom stereocenters. The Balaban J connectivity index is 0.00000182. The van der Waals surface area contributed by atoms with Crippen LogP contribution in [0.3, 0.4) is 0 Å². The number of aryl methyl sites for hydroxylation is 1. The molecule has 0 aliphatic rings. The summed E-state index contributed by atoms with van der Waals surface area (Å²) < 4.78 is 10.9. The van der Waals surface area contributed by atoms with E-state index in [1.54, 1.807) is 25.3 Å². The second-order valence-electron chi connectivity index (χ2n) is 5.66. The molecular formula is C19H23Cl2N3O3. The lowest BCUT2D eigenvalue weighted by atomic mass is 10.1. The Bertz CT molecular complexity index is 848. The molecule has 2 aromatic heterocycles. The van der Waals surface area contributed by atoms with Crippen molar-refractivity contribution in [2.45, 2.75) is 26.8 Å². The second-order valence-corrected chi connectivity index (χ2v) is 5.66. The quantitative estimate of drug-likeness (QED) is 0.602. The van der Waals surface area contributed by atoms with E-state index in [0.29, 0.717) is 29.6 Å². The fourth-order valence-corrected chi connectivity index (χ4v) is 2.50. The smallest absolute Gasteiger partial charge is 0.263 e. The van der Waals surface area contributed by atoms with Gasteiger partial charge in [0, 0.05) is 12.2 Å². The fourth-order valence-electron chi connectivity index (χ4n) is 2.50. The number of amides is 1. The maximum atomic E-state index is 12.4. The van der Waals surface area contributed by atoms with Crippen LogP contribution in [-0.4, -0.2) is 17.4 Å². The van der Waals surface area contributed by atoms with Gasteiger partial charge in [-0.3, -0.25) is 4.79 Å². The number of para-hydroxylation sites is 1. The molecular weight excluding hydrogens is 389 g/mol. The van der Waals surface area contributed by atoms with Crippen LogP contribution in [0.4, 0.5) is 5.69 Å². The first-order chi connectivity index (χ1) is 12.2. The number of rotatable bonds is 7. The third-order valence-corrected chi connectivity index (χ3v) is 3.81. The van der Waals surface area contributed by atoms with Crippen LogP contribution in [-0.2, 0) is 17.8 Å². The summed E-state index contributed by atoms with van der Waals surface area (Å²) in [5, 5.41) is 6.22. The van der Waals surface area contributed by atoms with E-state index in [9.17, 15) is 4.79 Å². The molecule has 2 heterocycles. The summed E-state index contributed by atoms with van der Waals surface area (Å²) in [6.07, 6.45) is 1.70. The molecule has 0 fully saturated rings. The zero-order chi connectivity index (χ0) is 17.6. The maximum absolute atomic E-state index is 12.4. The van der Waals surface area contributed by atoms with Crippen molar-refractivity contribution in [2.24, 2.45) is 0 Å². The normalized spacial score (nSPS) is 10.0. The number of benzene rings is 1. The SMILES string of the molecule is CCNCc1ccccc1NC(=O)Cc1nc(-c2ccco2)oc1C.Cl.Cl. The molecule has 3 aromatic rings. The molecule has 6 nitrogen and oxygen atoms in total. The summed E-state index contributed by atoms with van der Waals surface area (Å²) >= 11 is 0. The minimum atomic E-state index is -0.133. The van der Waals surface area contributed by atoms with E-state index in [2.05, 4.69) is 15.6 Å². The molecule has 3 rings (SSSR count). The van der Waals surface area contributed by atoms with Gasteiger partial charge in [-0.15, -0.1) is 24.8 Å². The molecule has 0 saturated heterocycles. The van der Waals surface area contributed by atoms with Gasteiger partial charge >= 0.3 is 0 Å². The molecule has 0 aliphatic heterocycles. The van der Waals surface area contributed by atoms with Crippen LogP contribution in [0.1, 0.15) is 23.9 Å². The zero-order valence-electron chi connectivity index (χ0n) is 15.2. The van der Waals surface area contributed by atoms with Gasteiger partial charge in [-0.1, -0.05) is 25.1 Å². The zero-order valence-corrected chi connectivity index (χ0v) is 16.8. The van der Waals surface area contributed by atoms with Crippen LogP contribution in [0, 0.1) is 6.92 Å².